The highest BCUT2D eigenvalue weighted by molar-refractivity contribution is 5.96. The Hall–Kier alpha value is -4.05. The van der Waals surface area contributed by atoms with Gasteiger partial charge in [-0.2, -0.15) is 5.10 Å². The van der Waals surface area contributed by atoms with Gasteiger partial charge in [0.25, 0.3) is 5.91 Å². The minimum Gasteiger partial charge on any atom is -0.495 e. The molecule has 1 saturated heterocycles. The first-order chi connectivity index (χ1) is 16.1. The summed E-state index contributed by atoms with van der Waals surface area (Å²) in [5.74, 6) is 0.859. The Morgan fingerprint density at radius 2 is 2.00 bits per heavy atom. The predicted octanol–water partition coefficient (Wildman–Crippen LogP) is 2.65. The molecule has 10 nitrogen and oxygen atoms in total. The molecular formula is C23H23N7O3. The first-order valence-corrected chi connectivity index (χ1v) is 10.4. The highest BCUT2D eigenvalue weighted by atomic mass is 16.5. The molecule has 0 spiro atoms. The van der Waals surface area contributed by atoms with Crippen molar-refractivity contribution in [3.05, 3.63) is 54.6 Å². The SMILES string of the molecule is COc1cc(C(=O)N2CC(OC)C2)ccc1Nc1ncc2ccnc(-c3cnn(C)c3)c2n1. The van der Waals surface area contributed by atoms with E-state index >= 15 is 0 Å². The minimum atomic E-state index is -0.0534. The summed E-state index contributed by atoms with van der Waals surface area (Å²) in [6, 6.07) is 7.13. The lowest BCUT2D eigenvalue weighted by molar-refractivity contribution is -0.0192. The van der Waals surface area contributed by atoms with Crippen molar-refractivity contribution in [2.45, 2.75) is 6.10 Å². The summed E-state index contributed by atoms with van der Waals surface area (Å²) in [4.78, 5) is 28.1. The highest BCUT2D eigenvalue weighted by Gasteiger charge is 2.31. The molecule has 4 heterocycles. The third-order valence-corrected chi connectivity index (χ3v) is 5.64. The van der Waals surface area contributed by atoms with Gasteiger partial charge in [0.05, 0.1) is 30.8 Å². The first kappa shape index (κ1) is 20.8. The topological polar surface area (TPSA) is 107 Å². The molecule has 168 valence electrons. The molecule has 0 bridgehead atoms. The van der Waals surface area contributed by atoms with Crippen LogP contribution in [-0.2, 0) is 11.8 Å². The van der Waals surface area contributed by atoms with E-state index in [1.165, 1.54) is 0 Å². The molecule has 0 aliphatic carbocycles. The number of fused-ring (bicyclic) bond motifs is 1. The van der Waals surface area contributed by atoms with Crippen LogP contribution in [0.15, 0.2) is 49.1 Å². The average molecular weight is 445 g/mol. The summed E-state index contributed by atoms with van der Waals surface area (Å²) < 4.78 is 12.5. The molecule has 1 aromatic carbocycles. The Morgan fingerprint density at radius 1 is 1.15 bits per heavy atom. The monoisotopic (exact) mass is 445 g/mol. The molecule has 1 amide bonds. The van der Waals surface area contributed by atoms with Crippen molar-refractivity contribution in [1.82, 2.24) is 29.6 Å². The van der Waals surface area contributed by atoms with Gasteiger partial charge in [0, 0.05) is 62.4 Å². The van der Waals surface area contributed by atoms with Crippen LogP contribution >= 0.6 is 0 Å². The Balaban J connectivity index is 1.43. The van der Waals surface area contributed by atoms with Gasteiger partial charge in [-0.3, -0.25) is 14.5 Å². The van der Waals surface area contributed by atoms with Gasteiger partial charge in [0.15, 0.2) is 0 Å². The molecule has 0 atom stereocenters. The maximum Gasteiger partial charge on any atom is 0.254 e. The third-order valence-electron chi connectivity index (χ3n) is 5.64. The zero-order valence-corrected chi connectivity index (χ0v) is 18.5. The number of carbonyl (C=O) groups excluding carboxylic acids is 1. The molecule has 1 fully saturated rings. The number of hydrogen-bond donors (Lipinski definition) is 1. The number of nitrogens with one attached hydrogen (secondary N) is 1. The van der Waals surface area contributed by atoms with E-state index in [0.717, 1.165) is 16.6 Å². The van der Waals surface area contributed by atoms with Gasteiger partial charge >= 0.3 is 0 Å². The number of likely N-dealkylation sites (tertiary alicyclic amines) is 1. The lowest BCUT2D eigenvalue weighted by atomic mass is 10.1. The van der Waals surface area contributed by atoms with Crippen molar-refractivity contribution in [2.24, 2.45) is 7.05 Å². The van der Waals surface area contributed by atoms with Crippen LogP contribution in [0.4, 0.5) is 11.6 Å². The van der Waals surface area contributed by atoms with Crippen molar-refractivity contribution in [3.8, 4) is 17.0 Å². The maximum atomic E-state index is 12.7. The smallest absolute Gasteiger partial charge is 0.254 e. The van der Waals surface area contributed by atoms with Gasteiger partial charge in [-0.05, 0) is 24.3 Å². The summed E-state index contributed by atoms with van der Waals surface area (Å²) in [7, 11) is 5.07. The molecule has 33 heavy (non-hydrogen) atoms. The second-order valence-corrected chi connectivity index (χ2v) is 7.80. The minimum absolute atomic E-state index is 0.0534. The summed E-state index contributed by atoms with van der Waals surface area (Å²) in [6.45, 7) is 1.19. The molecule has 0 unspecified atom stereocenters. The number of amides is 1. The van der Waals surface area contributed by atoms with Crippen molar-refractivity contribution in [2.75, 3.05) is 32.6 Å². The summed E-state index contributed by atoms with van der Waals surface area (Å²) >= 11 is 0. The van der Waals surface area contributed by atoms with Crippen LogP contribution < -0.4 is 10.1 Å². The average Bonchev–Trinajstić information content (AvgIpc) is 3.24. The number of ether oxygens (including phenoxy) is 2. The normalized spacial score (nSPS) is 13.7. The molecule has 0 radical (unpaired) electrons. The van der Waals surface area contributed by atoms with Gasteiger partial charge in [0.2, 0.25) is 5.95 Å². The number of hydrogen-bond acceptors (Lipinski definition) is 8. The number of methoxy groups -OCH3 is 2. The molecule has 4 aromatic rings. The summed E-state index contributed by atoms with van der Waals surface area (Å²) in [5, 5.41) is 8.30. The summed E-state index contributed by atoms with van der Waals surface area (Å²) in [6.07, 6.45) is 7.22. The van der Waals surface area contributed by atoms with Crippen LogP contribution in [0.3, 0.4) is 0 Å². The number of pyridine rings is 1. The van der Waals surface area contributed by atoms with E-state index in [1.54, 1.807) is 60.6 Å². The number of aryl methyl sites for hydroxylation is 1. The Labute approximate surface area is 190 Å². The van der Waals surface area contributed by atoms with Crippen LogP contribution in [0.5, 0.6) is 5.75 Å². The standard InChI is InChI=1S/C23H23N7O3/c1-29-11-16(10-26-29)20-21-15(6-7-24-20)9-25-23(28-21)27-18-5-4-14(8-19(18)33-3)22(31)30-12-17(13-30)32-2/h4-11,17H,12-13H2,1-3H3,(H,25,27,28). The largest absolute Gasteiger partial charge is 0.495 e. The fraction of sp³-hybridized carbons (Fsp3) is 0.261. The molecule has 5 rings (SSSR count). The third kappa shape index (κ3) is 3.96. The van der Waals surface area contributed by atoms with E-state index in [0.29, 0.717) is 41.6 Å². The molecule has 1 aliphatic rings. The molecule has 1 aliphatic heterocycles. The van der Waals surface area contributed by atoms with Crippen molar-refractivity contribution >= 4 is 28.4 Å². The van der Waals surface area contributed by atoms with Crippen molar-refractivity contribution < 1.29 is 14.3 Å². The van der Waals surface area contributed by atoms with E-state index in [9.17, 15) is 4.79 Å². The van der Waals surface area contributed by atoms with Gasteiger partial charge in [0.1, 0.15) is 11.3 Å². The molecule has 3 aromatic heterocycles. The fourth-order valence-electron chi connectivity index (χ4n) is 3.75. The van der Waals surface area contributed by atoms with Crippen LogP contribution in [0.2, 0.25) is 0 Å². The van der Waals surface area contributed by atoms with Crippen molar-refractivity contribution in [3.63, 3.8) is 0 Å². The second kappa shape index (κ2) is 8.47. The second-order valence-electron chi connectivity index (χ2n) is 7.80. The molecule has 1 N–H and O–H groups in total. The number of anilines is 2. The Kier molecular flexibility index (Phi) is 5.35. The lowest BCUT2D eigenvalue weighted by Gasteiger charge is -2.38. The van der Waals surface area contributed by atoms with E-state index < -0.39 is 0 Å². The predicted molar refractivity (Wildman–Crippen MR) is 123 cm³/mol. The van der Waals surface area contributed by atoms with Gasteiger partial charge in [-0.15, -0.1) is 0 Å². The summed E-state index contributed by atoms with van der Waals surface area (Å²) in [5.41, 5.74) is 3.50. The van der Waals surface area contributed by atoms with Crippen LogP contribution in [-0.4, -0.2) is 69.0 Å². The van der Waals surface area contributed by atoms with Gasteiger partial charge in [-0.25, -0.2) is 9.97 Å². The lowest BCUT2D eigenvalue weighted by Crippen LogP contribution is -2.54. The molecule has 10 heteroatoms. The van der Waals surface area contributed by atoms with Crippen LogP contribution in [0.25, 0.3) is 22.2 Å². The fourth-order valence-corrected chi connectivity index (χ4v) is 3.75. The van der Waals surface area contributed by atoms with E-state index in [1.807, 2.05) is 19.3 Å². The zero-order valence-electron chi connectivity index (χ0n) is 18.5. The van der Waals surface area contributed by atoms with Gasteiger partial charge < -0.3 is 19.7 Å². The van der Waals surface area contributed by atoms with Crippen molar-refractivity contribution in [1.29, 1.82) is 0 Å². The zero-order chi connectivity index (χ0) is 22.9. The van der Waals surface area contributed by atoms with E-state index in [4.69, 9.17) is 14.5 Å². The first-order valence-electron chi connectivity index (χ1n) is 10.4. The quantitative estimate of drug-likeness (QED) is 0.483. The number of aromatic nitrogens is 5. The Morgan fingerprint density at radius 3 is 2.73 bits per heavy atom. The number of nitrogens with zero attached hydrogens (tertiary/aromatic N) is 6. The highest BCUT2D eigenvalue weighted by Crippen LogP contribution is 2.30. The van der Waals surface area contributed by atoms with Crippen LogP contribution in [0.1, 0.15) is 10.4 Å². The van der Waals surface area contributed by atoms with Gasteiger partial charge in [-0.1, -0.05) is 0 Å². The number of rotatable bonds is 6. The number of benzene rings is 1. The maximum absolute atomic E-state index is 12.7. The van der Waals surface area contributed by atoms with E-state index in [2.05, 4.69) is 20.4 Å². The van der Waals surface area contributed by atoms with E-state index in [-0.39, 0.29) is 12.0 Å². The molecule has 0 saturated carbocycles. The van der Waals surface area contributed by atoms with Crippen LogP contribution in [0, 0.1) is 0 Å². The Bertz CT molecular complexity index is 1330. The molecular weight excluding hydrogens is 422 g/mol. The number of carbonyl (C=O) groups is 1.